The molecule has 0 saturated carbocycles. The Labute approximate surface area is 158 Å². The highest BCUT2D eigenvalue weighted by Crippen LogP contribution is 2.15. The Bertz CT molecular complexity index is 538. The van der Waals surface area contributed by atoms with E-state index >= 15 is 0 Å². The number of hydrogen-bond acceptors (Lipinski definition) is 4. The lowest BCUT2D eigenvalue weighted by Gasteiger charge is -2.36. The molecule has 0 amide bonds. The lowest BCUT2D eigenvalue weighted by molar-refractivity contribution is 0.0268. The Balaban J connectivity index is 1.60. The maximum Gasteiger partial charge on any atom is 0.191 e. The van der Waals surface area contributed by atoms with Gasteiger partial charge in [-0.15, -0.1) is 0 Å². The summed E-state index contributed by atoms with van der Waals surface area (Å²) < 4.78 is 5.42. The van der Waals surface area contributed by atoms with Crippen molar-refractivity contribution >= 4 is 11.6 Å². The van der Waals surface area contributed by atoms with E-state index in [-0.39, 0.29) is 5.60 Å². The summed E-state index contributed by atoms with van der Waals surface area (Å²) in [6.07, 6.45) is 1.11. The van der Waals surface area contributed by atoms with Gasteiger partial charge in [-0.1, -0.05) is 18.2 Å². The molecule has 2 rings (SSSR count). The molecule has 1 aromatic rings. The van der Waals surface area contributed by atoms with Crippen molar-refractivity contribution in [3.63, 3.8) is 0 Å². The minimum Gasteiger partial charge on any atom is -0.377 e. The minimum atomic E-state index is -0.198. The second kappa shape index (κ2) is 10.4. The third-order valence-corrected chi connectivity index (χ3v) is 4.89. The van der Waals surface area contributed by atoms with Gasteiger partial charge < -0.3 is 20.3 Å². The van der Waals surface area contributed by atoms with E-state index in [1.165, 1.54) is 5.69 Å². The van der Waals surface area contributed by atoms with E-state index < -0.39 is 0 Å². The Morgan fingerprint density at radius 1 is 1.12 bits per heavy atom. The number of piperazine rings is 1. The first-order chi connectivity index (χ1) is 12.5. The van der Waals surface area contributed by atoms with Crippen molar-refractivity contribution in [3.8, 4) is 0 Å². The number of rotatable bonds is 8. The first-order valence-corrected chi connectivity index (χ1v) is 9.56. The Morgan fingerprint density at radius 3 is 2.42 bits per heavy atom. The minimum absolute atomic E-state index is 0.198. The van der Waals surface area contributed by atoms with Crippen molar-refractivity contribution < 1.29 is 4.74 Å². The van der Waals surface area contributed by atoms with Gasteiger partial charge in [0.25, 0.3) is 0 Å². The fourth-order valence-corrected chi connectivity index (χ4v) is 2.97. The topological polar surface area (TPSA) is 52.1 Å². The molecule has 0 unspecified atom stereocenters. The molecule has 0 atom stereocenters. The fraction of sp³-hybridized carbons (Fsp3) is 0.650. The molecule has 0 bridgehead atoms. The molecule has 1 aromatic carbocycles. The van der Waals surface area contributed by atoms with E-state index in [0.717, 1.165) is 58.2 Å². The molecular formula is C20H35N5O. The third kappa shape index (κ3) is 6.84. The molecule has 1 heterocycles. The quantitative estimate of drug-likeness (QED) is 0.420. The molecule has 1 saturated heterocycles. The fourth-order valence-electron chi connectivity index (χ4n) is 2.97. The summed E-state index contributed by atoms with van der Waals surface area (Å²) in [5.41, 5.74) is 1.14. The molecule has 0 spiro atoms. The second-order valence-electron chi connectivity index (χ2n) is 7.33. The largest absolute Gasteiger partial charge is 0.377 e. The Hall–Kier alpha value is -1.79. The number of aliphatic imine (C=N–C) groups is 1. The van der Waals surface area contributed by atoms with Crippen molar-refractivity contribution in [3.05, 3.63) is 30.3 Å². The lowest BCUT2D eigenvalue weighted by atomic mass is 10.1. The molecule has 6 nitrogen and oxygen atoms in total. The SMILES string of the molecule is CN=C(NCCCN1CCN(c2ccccc2)CC1)NCC(C)(C)OC. The number of anilines is 1. The van der Waals surface area contributed by atoms with Crippen LogP contribution in [0.15, 0.2) is 35.3 Å². The van der Waals surface area contributed by atoms with Crippen molar-refractivity contribution in [1.82, 2.24) is 15.5 Å². The molecule has 1 aliphatic heterocycles. The highest BCUT2D eigenvalue weighted by Gasteiger charge is 2.17. The highest BCUT2D eigenvalue weighted by molar-refractivity contribution is 5.79. The summed E-state index contributed by atoms with van der Waals surface area (Å²) in [7, 11) is 3.54. The van der Waals surface area contributed by atoms with Gasteiger partial charge in [-0.2, -0.15) is 0 Å². The molecule has 1 aliphatic rings. The van der Waals surface area contributed by atoms with Gasteiger partial charge in [0.15, 0.2) is 5.96 Å². The maximum atomic E-state index is 5.42. The summed E-state index contributed by atoms with van der Waals surface area (Å²) in [5, 5.41) is 6.70. The number of nitrogens with zero attached hydrogens (tertiary/aromatic N) is 3. The molecule has 0 aliphatic carbocycles. The molecule has 146 valence electrons. The van der Waals surface area contributed by atoms with E-state index in [1.807, 2.05) is 0 Å². The summed E-state index contributed by atoms with van der Waals surface area (Å²) in [5.74, 6) is 0.837. The normalized spacial score (nSPS) is 16.6. The number of nitrogens with one attached hydrogen (secondary N) is 2. The summed E-state index contributed by atoms with van der Waals surface area (Å²) >= 11 is 0. The van der Waals surface area contributed by atoms with Gasteiger partial charge in [0.2, 0.25) is 0 Å². The zero-order chi connectivity index (χ0) is 18.8. The van der Waals surface area contributed by atoms with Crippen LogP contribution in [0.25, 0.3) is 0 Å². The Morgan fingerprint density at radius 2 is 1.81 bits per heavy atom. The smallest absolute Gasteiger partial charge is 0.191 e. The van der Waals surface area contributed by atoms with Crippen LogP contribution >= 0.6 is 0 Å². The number of ether oxygens (including phenoxy) is 1. The van der Waals surface area contributed by atoms with Crippen molar-refractivity contribution in [2.75, 3.05) is 64.9 Å². The van der Waals surface area contributed by atoms with E-state index in [1.54, 1.807) is 14.2 Å². The standard InChI is InChI=1S/C20H35N5O/c1-20(2,26-4)17-23-19(21-3)22-11-8-12-24-13-15-25(16-14-24)18-9-6-5-7-10-18/h5-7,9-10H,8,11-17H2,1-4H3,(H2,21,22,23). The number of methoxy groups -OCH3 is 1. The van der Waals surface area contributed by atoms with Crippen LogP contribution in [0.4, 0.5) is 5.69 Å². The van der Waals surface area contributed by atoms with Gasteiger partial charge in [-0.3, -0.25) is 9.89 Å². The molecule has 6 heteroatoms. The van der Waals surface area contributed by atoms with Gasteiger partial charge in [-0.25, -0.2) is 0 Å². The van der Waals surface area contributed by atoms with E-state index in [2.05, 4.69) is 69.6 Å². The predicted molar refractivity (Wildman–Crippen MR) is 110 cm³/mol. The zero-order valence-electron chi connectivity index (χ0n) is 16.8. The second-order valence-corrected chi connectivity index (χ2v) is 7.33. The third-order valence-electron chi connectivity index (χ3n) is 4.89. The van der Waals surface area contributed by atoms with Crippen LogP contribution in [0.2, 0.25) is 0 Å². The average Bonchev–Trinajstić information content (AvgIpc) is 2.68. The van der Waals surface area contributed by atoms with Crippen molar-refractivity contribution in [2.45, 2.75) is 25.9 Å². The monoisotopic (exact) mass is 361 g/mol. The van der Waals surface area contributed by atoms with Crippen LogP contribution < -0.4 is 15.5 Å². The Kier molecular flexibility index (Phi) is 8.19. The van der Waals surface area contributed by atoms with E-state index in [9.17, 15) is 0 Å². The van der Waals surface area contributed by atoms with Crippen LogP contribution in [0, 0.1) is 0 Å². The van der Waals surface area contributed by atoms with Crippen LogP contribution in [0.5, 0.6) is 0 Å². The molecule has 0 radical (unpaired) electrons. The number of hydrogen-bond donors (Lipinski definition) is 2. The predicted octanol–water partition coefficient (Wildman–Crippen LogP) is 1.79. The van der Waals surface area contributed by atoms with Crippen LogP contribution in [0.3, 0.4) is 0 Å². The number of para-hydroxylation sites is 1. The lowest BCUT2D eigenvalue weighted by Crippen LogP contribution is -2.48. The van der Waals surface area contributed by atoms with Gasteiger partial charge in [0, 0.05) is 59.1 Å². The molecule has 26 heavy (non-hydrogen) atoms. The number of benzene rings is 1. The van der Waals surface area contributed by atoms with Crippen LogP contribution in [0.1, 0.15) is 20.3 Å². The summed E-state index contributed by atoms with van der Waals surface area (Å²) in [6.45, 7) is 11.4. The van der Waals surface area contributed by atoms with E-state index in [4.69, 9.17) is 4.74 Å². The number of guanidine groups is 1. The molecule has 0 aromatic heterocycles. The van der Waals surface area contributed by atoms with Crippen molar-refractivity contribution in [1.29, 1.82) is 0 Å². The van der Waals surface area contributed by atoms with Crippen molar-refractivity contribution in [2.24, 2.45) is 4.99 Å². The average molecular weight is 362 g/mol. The van der Waals surface area contributed by atoms with Gasteiger partial charge in [0.05, 0.1) is 5.60 Å². The van der Waals surface area contributed by atoms with Crippen LogP contribution in [-0.4, -0.2) is 76.4 Å². The zero-order valence-corrected chi connectivity index (χ0v) is 16.8. The summed E-state index contributed by atoms with van der Waals surface area (Å²) in [6, 6.07) is 10.7. The molecular weight excluding hydrogens is 326 g/mol. The van der Waals surface area contributed by atoms with Gasteiger partial charge >= 0.3 is 0 Å². The van der Waals surface area contributed by atoms with Gasteiger partial charge in [0.1, 0.15) is 0 Å². The first kappa shape index (κ1) is 20.5. The molecule has 1 fully saturated rings. The molecule has 2 N–H and O–H groups in total. The van der Waals surface area contributed by atoms with E-state index in [0.29, 0.717) is 0 Å². The van der Waals surface area contributed by atoms with Crippen LogP contribution in [-0.2, 0) is 4.74 Å². The highest BCUT2D eigenvalue weighted by atomic mass is 16.5. The first-order valence-electron chi connectivity index (χ1n) is 9.56. The maximum absolute atomic E-state index is 5.42. The summed E-state index contributed by atoms with van der Waals surface area (Å²) in [4.78, 5) is 9.29. The van der Waals surface area contributed by atoms with Gasteiger partial charge in [-0.05, 0) is 38.9 Å².